The number of nitrogens with zero attached hydrogens (tertiary/aromatic N) is 3. The molecule has 4 heteroatoms. The van der Waals surface area contributed by atoms with Crippen LogP contribution in [-0.4, -0.2) is 29.9 Å². The van der Waals surface area contributed by atoms with Crippen LogP contribution in [0.25, 0.3) is 0 Å². The van der Waals surface area contributed by atoms with E-state index in [0.717, 1.165) is 25.3 Å². The molecule has 4 nitrogen and oxygen atoms in total. The van der Waals surface area contributed by atoms with Gasteiger partial charge in [0.1, 0.15) is 5.82 Å². The molecule has 0 aliphatic rings. The molecular formula is C16H32N4. The van der Waals surface area contributed by atoms with Crippen LogP contribution in [0.5, 0.6) is 0 Å². The van der Waals surface area contributed by atoms with E-state index in [0.29, 0.717) is 5.92 Å². The summed E-state index contributed by atoms with van der Waals surface area (Å²) in [7, 11) is 4.22. The van der Waals surface area contributed by atoms with Gasteiger partial charge in [0.2, 0.25) is 0 Å². The van der Waals surface area contributed by atoms with Gasteiger partial charge < -0.3 is 10.2 Å². The Morgan fingerprint density at radius 1 is 1.30 bits per heavy atom. The molecule has 0 bridgehead atoms. The summed E-state index contributed by atoms with van der Waals surface area (Å²) >= 11 is 0. The van der Waals surface area contributed by atoms with Crippen LogP contribution in [-0.2, 0) is 13.6 Å². The number of anilines is 1. The summed E-state index contributed by atoms with van der Waals surface area (Å²) in [5.41, 5.74) is 2.48. The van der Waals surface area contributed by atoms with Crippen LogP contribution in [0.15, 0.2) is 0 Å². The molecule has 116 valence electrons. The fourth-order valence-corrected chi connectivity index (χ4v) is 2.56. The largest absolute Gasteiger partial charge is 0.360 e. The van der Waals surface area contributed by atoms with Crippen LogP contribution >= 0.6 is 0 Å². The van der Waals surface area contributed by atoms with Crippen molar-refractivity contribution in [2.45, 2.75) is 53.5 Å². The molecule has 1 heterocycles. The van der Waals surface area contributed by atoms with Crippen LogP contribution in [0.1, 0.15) is 51.3 Å². The topological polar surface area (TPSA) is 33.1 Å². The zero-order chi connectivity index (χ0) is 15.1. The molecule has 1 N–H and O–H groups in total. The van der Waals surface area contributed by atoms with Crippen molar-refractivity contribution in [1.82, 2.24) is 15.1 Å². The molecule has 1 aromatic heterocycles. The highest BCUT2D eigenvalue weighted by Crippen LogP contribution is 2.22. The van der Waals surface area contributed by atoms with E-state index in [1.807, 2.05) is 11.7 Å². The standard InChI is InChI=1S/C16H32N4/c1-7-8-9-10-19(5)16-15(12-17-11-13(2)3)14(4)18-20(16)6/h13,17H,7-12H2,1-6H3. The highest BCUT2D eigenvalue weighted by molar-refractivity contribution is 5.49. The van der Waals surface area contributed by atoms with Gasteiger partial charge in [0.15, 0.2) is 0 Å². The van der Waals surface area contributed by atoms with Crippen LogP contribution in [0.4, 0.5) is 5.82 Å². The first kappa shape index (κ1) is 17.0. The maximum atomic E-state index is 4.59. The van der Waals surface area contributed by atoms with E-state index >= 15 is 0 Å². The minimum atomic E-state index is 0.678. The van der Waals surface area contributed by atoms with Crippen molar-refractivity contribution in [3.05, 3.63) is 11.3 Å². The molecule has 20 heavy (non-hydrogen) atoms. The Hall–Kier alpha value is -1.03. The number of aryl methyl sites for hydroxylation is 2. The number of aromatic nitrogens is 2. The lowest BCUT2D eigenvalue weighted by molar-refractivity contribution is 0.551. The molecule has 0 aliphatic heterocycles. The van der Waals surface area contributed by atoms with Gasteiger partial charge in [-0.15, -0.1) is 0 Å². The third-order valence-electron chi connectivity index (χ3n) is 3.63. The van der Waals surface area contributed by atoms with Gasteiger partial charge in [0.05, 0.1) is 5.69 Å². The average molecular weight is 280 g/mol. The van der Waals surface area contributed by atoms with E-state index in [-0.39, 0.29) is 0 Å². The zero-order valence-electron chi connectivity index (χ0n) is 14.2. The number of hydrogen-bond donors (Lipinski definition) is 1. The van der Waals surface area contributed by atoms with Gasteiger partial charge in [0.25, 0.3) is 0 Å². The quantitative estimate of drug-likeness (QED) is 0.706. The maximum absolute atomic E-state index is 4.59. The summed E-state index contributed by atoms with van der Waals surface area (Å²) in [6.07, 6.45) is 3.80. The lowest BCUT2D eigenvalue weighted by Gasteiger charge is -2.21. The summed E-state index contributed by atoms with van der Waals surface area (Å²) in [5, 5.41) is 8.13. The number of hydrogen-bond acceptors (Lipinski definition) is 3. The molecule has 0 saturated carbocycles. The smallest absolute Gasteiger partial charge is 0.131 e. The Kier molecular flexibility index (Phi) is 7.06. The third-order valence-corrected chi connectivity index (χ3v) is 3.63. The second kappa shape index (κ2) is 8.30. The molecule has 0 radical (unpaired) electrons. The Bertz CT molecular complexity index is 395. The van der Waals surface area contributed by atoms with E-state index in [1.165, 1.54) is 30.6 Å². The lowest BCUT2D eigenvalue weighted by Crippen LogP contribution is -2.25. The predicted molar refractivity (Wildman–Crippen MR) is 87.3 cm³/mol. The van der Waals surface area contributed by atoms with E-state index in [9.17, 15) is 0 Å². The summed E-state index contributed by atoms with van der Waals surface area (Å²) < 4.78 is 2.02. The monoisotopic (exact) mass is 280 g/mol. The van der Waals surface area contributed by atoms with Crippen LogP contribution in [0, 0.1) is 12.8 Å². The average Bonchev–Trinajstić information content (AvgIpc) is 2.64. The van der Waals surface area contributed by atoms with Gasteiger partial charge in [-0.05, 0) is 25.8 Å². The highest BCUT2D eigenvalue weighted by Gasteiger charge is 2.16. The second-order valence-electron chi connectivity index (χ2n) is 6.16. The molecule has 0 fully saturated rings. The maximum Gasteiger partial charge on any atom is 0.131 e. The molecule has 1 aromatic rings. The molecular weight excluding hydrogens is 248 g/mol. The van der Waals surface area contributed by atoms with Crippen molar-refractivity contribution < 1.29 is 0 Å². The predicted octanol–water partition coefficient (Wildman–Crippen LogP) is 3.10. The van der Waals surface area contributed by atoms with Gasteiger partial charge >= 0.3 is 0 Å². The van der Waals surface area contributed by atoms with E-state index in [2.05, 4.69) is 50.1 Å². The molecule has 0 aromatic carbocycles. The Labute approximate surface area is 124 Å². The summed E-state index contributed by atoms with van der Waals surface area (Å²) in [6.45, 7) is 11.9. The molecule has 0 amide bonds. The molecule has 0 aliphatic carbocycles. The van der Waals surface area contributed by atoms with Gasteiger partial charge in [-0.2, -0.15) is 5.10 Å². The van der Waals surface area contributed by atoms with Crippen molar-refractivity contribution in [1.29, 1.82) is 0 Å². The Morgan fingerprint density at radius 2 is 2.00 bits per heavy atom. The summed E-state index contributed by atoms with van der Waals surface area (Å²) in [4.78, 5) is 2.35. The first-order valence-corrected chi connectivity index (χ1v) is 7.91. The van der Waals surface area contributed by atoms with Crippen molar-refractivity contribution in [3.63, 3.8) is 0 Å². The minimum absolute atomic E-state index is 0.678. The van der Waals surface area contributed by atoms with Crippen molar-refractivity contribution >= 4 is 5.82 Å². The molecule has 0 atom stereocenters. The minimum Gasteiger partial charge on any atom is -0.360 e. The summed E-state index contributed by atoms with van der Waals surface area (Å²) in [6, 6.07) is 0. The Morgan fingerprint density at radius 3 is 2.60 bits per heavy atom. The van der Waals surface area contributed by atoms with E-state index < -0.39 is 0 Å². The van der Waals surface area contributed by atoms with Crippen LogP contribution in [0.3, 0.4) is 0 Å². The number of nitrogens with one attached hydrogen (secondary N) is 1. The first-order valence-electron chi connectivity index (χ1n) is 7.91. The van der Waals surface area contributed by atoms with Gasteiger partial charge in [-0.3, -0.25) is 4.68 Å². The highest BCUT2D eigenvalue weighted by atomic mass is 15.4. The lowest BCUT2D eigenvalue weighted by atomic mass is 10.2. The number of unbranched alkanes of at least 4 members (excludes halogenated alkanes) is 2. The number of rotatable bonds is 9. The molecule has 0 saturated heterocycles. The molecule has 0 spiro atoms. The third kappa shape index (κ3) is 4.82. The van der Waals surface area contributed by atoms with E-state index in [4.69, 9.17) is 0 Å². The van der Waals surface area contributed by atoms with Gasteiger partial charge in [-0.1, -0.05) is 33.6 Å². The van der Waals surface area contributed by atoms with Crippen LogP contribution < -0.4 is 10.2 Å². The van der Waals surface area contributed by atoms with Crippen LogP contribution in [0.2, 0.25) is 0 Å². The second-order valence-corrected chi connectivity index (χ2v) is 6.16. The summed E-state index contributed by atoms with van der Waals surface area (Å²) in [5.74, 6) is 1.94. The van der Waals surface area contributed by atoms with Crippen molar-refractivity contribution in [3.8, 4) is 0 Å². The van der Waals surface area contributed by atoms with E-state index in [1.54, 1.807) is 0 Å². The van der Waals surface area contributed by atoms with Crippen molar-refractivity contribution in [2.75, 3.05) is 25.0 Å². The first-order chi connectivity index (χ1) is 9.47. The van der Waals surface area contributed by atoms with Gasteiger partial charge in [-0.25, -0.2) is 0 Å². The van der Waals surface area contributed by atoms with Gasteiger partial charge in [0, 0.05) is 32.7 Å². The molecule has 0 unspecified atom stereocenters. The molecule has 1 rings (SSSR count). The Balaban J connectivity index is 2.72. The van der Waals surface area contributed by atoms with Crippen molar-refractivity contribution in [2.24, 2.45) is 13.0 Å². The normalized spacial score (nSPS) is 11.3. The fraction of sp³-hybridized carbons (Fsp3) is 0.812. The zero-order valence-corrected chi connectivity index (χ0v) is 14.2. The fourth-order valence-electron chi connectivity index (χ4n) is 2.56. The SMILES string of the molecule is CCCCCN(C)c1c(CNCC(C)C)c(C)nn1C.